The summed E-state index contributed by atoms with van der Waals surface area (Å²) in [5.74, 6) is -1.47. The van der Waals surface area contributed by atoms with Crippen molar-refractivity contribution in [2.75, 3.05) is 0 Å². The third kappa shape index (κ3) is 3.80. The molecule has 7 nitrogen and oxygen atoms in total. The zero-order valence-electron chi connectivity index (χ0n) is 14.6. The number of ketones is 1. The Labute approximate surface area is 150 Å². The molecule has 140 valence electrons. The van der Waals surface area contributed by atoms with E-state index in [4.69, 9.17) is 9.47 Å². The number of cyclic esters (lactones) is 1. The van der Waals surface area contributed by atoms with Gasteiger partial charge in [0.15, 0.2) is 5.78 Å². The topological polar surface area (TPSA) is 117 Å². The molecule has 0 aliphatic carbocycles. The highest BCUT2D eigenvalue weighted by atomic mass is 16.6. The highest BCUT2D eigenvalue weighted by Gasteiger charge is 2.45. The van der Waals surface area contributed by atoms with Gasteiger partial charge >= 0.3 is 5.97 Å². The molecule has 3 N–H and O–H groups in total. The first-order chi connectivity index (χ1) is 12.3. The Balaban J connectivity index is 1.97. The number of rotatable bonds is 0. The molecule has 26 heavy (non-hydrogen) atoms. The van der Waals surface area contributed by atoms with Crippen LogP contribution in [0, 0.1) is 6.92 Å². The summed E-state index contributed by atoms with van der Waals surface area (Å²) < 4.78 is 10.9. The van der Waals surface area contributed by atoms with E-state index < -0.39 is 42.3 Å². The van der Waals surface area contributed by atoms with Crippen molar-refractivity contribution in [1.29, 1.82) is 0 Å². The number of hydrogen-bond donors (Lipinski definition) is 3. The van der Waals surface area contributed by atoms with Gasteiger partial charge in [-0.05, 0) is 31.6 Å². The third-order valence-electron chi connectivity index (χ3n) is 4.57. The van der Waals surface area contributed by atoms with Crippen molar-refractivity contribution in [3.05, 3.63) is 41.0 Å². The molecule has 0 saturated carbocycles. The van der Waals surface area contributed by atoms with Gasteiger partial charge in [0.05, 0.1) is 12.2 Å². The normalized spacial score (nSPS) is 33.5. The summed E-state index contributed by atoms with van der Waals surface area (Å²) in [5, 5.41) is 30.3. The fourth-order valence-corrected chi connectivity index (χ4v) is 3.16. The molecule has 1 aromatic rings. The summed E-state index contributed by atoms with van der Waals surface area (Å²) in [6, 6.07) is 3.20. The average molecular weight is 362 g/mol. The summed E-state index contributed by atoms with van der Waals surface area (Å²) in [6.45, 7) is 3.43. The molecular weight excluding hydrogens is 340 g/mol. The average Bonchev–Trinajstić information content (AvgIpc) is 3.31. The summed E-state index contributed by atoms with van der Waals surface area (Å²) in [6.07, 6.45) is -1.41. The van der Waals surface area contributed by atoms with Gasteiger partial charge in [0.25, 0.3) is 0 Å². The number of phenolic OH excluding ortho intramolecular Hbond substituents is 1. The Kier molecular flexibility index (Phi) is 5.13. The molecule has 7 heteroatoms. The highest BCUT2D eigenvalue weighted by molar-refractivity contribution is 5.95. The molecule has 1 fully saturated rings. The monoisotopic (exact) mass is 362 g/mol. The van der Waals surface area contributed by atoms with Crippen LogP contribution in [0.15, 0.2) is 24.3 Å². The second kappa shape index (κ2) is 7.19. The van der Waals surface area contributed by atoms with Gasteiger partial charge < -0.3 is 24.8 Å². The minimum absolute atomic E-state index is 0.0327. The number of phenols is 1. The number of epoxide rings is 1. The zero-order valence-corrected chi connectivity index (χ0v) is 14.6. The lowest BCUT2D eigenvalue weighted by molar-refractivity contribution is -0.128. The molecule has 1 saturated heterocycles. The maximum absolute atomic E-state index is 12.5. The zero-order chi connectivity index (χ0) is 19.0. The van der Waals surface area contributed by atoms with Gasteiger partial charge in [-0.2, -0.15) is 0 Å². The number of ether oxygens (including phenoxy) is 2. The number of carbonyl (C=O) groups is 2. The number of benzene rings is 1. The van der Waals surface area contributed by atoms with E-state index in [-0.39, 0.29) is 24.2 Å². The predicted molar refractivity (Wildman–Crippen MR) is 90.7 cm³/mol. The Morgan fingerprint density at radius 2 is 1.92 bits per heavy atom. The number of esters is 1. The minimum atomic E-state index is -1.54. The van der Waals surface area contributed by atoms with Crippen molar-refractivity contribution >= 4 is 11.8 Å². The summed E-state index contributed by atoms with van der Waals surface area (Å²) >= 11 is 0. The first-order valence-corrected chi connectivity index (χ1v) is 8.54. The van der Waals surface area contributed by atoms with E-state index in [2.05, 4.69) is 0 Å². The number of aromatic hydroxyl groups is 1. The van der Waals surface area contributed by atoms with Crippen molar-refractivity contribution in [3.63, 3.8) is 0 Å². The smallest absolute Gasteiger partial charge is 0.342 e. The van der Waals surface area contributed by atoms with Crippen molar-refractivity contribution in [2.24, 2.45) is 0 Å². The molecule has 2 aliphatic rings. The van der Waals surface area contributed by atoms with E-state index in [1.165, 1.54) is 18.2 Å². The first kappa shape index (κ1) is 18.6. The molecule has 1 aromatic carbocycles. The van der Waals surface area contributed by atoms with Crippen molar-refractivity contribution in [3.8, 4) is 5.75 Å². The fourth-order valence-electron chi connectivity index (χ4n) is 3.16. The number of fused-ring (bicyclic) bond motifs is 3. The Morgan fingerprint density at radius 1 is 1.19 bits per heavy atom. The van der Waals surface area contributed by atoms with E-state index in [9.17, 15) is 24.9 Å². The molecule has 0 spiro atoms. The number of aliphatic hydroxyl groups is 2. The van der Waals surface area contributed by atoms with Crippen LogP contribution in [0.1, 0.15) is 47.4 Å². The molecule has 0 amide bonds. The van der Waals surface area contributed by atoms with Crippen molar-refractivity contribution in [2.45, 2.75) is 57.2 Å². The minimum Gasteiger partial charge on any atom is -0.507 e. The van der Waals surface area contributed by atoms with Crippen LogP contribution >= 0.6 is 0 Å². The van der Waals surface area contributed by atoms with E-state index in [0.717, 1.165) is 5.56 Å². The highest BCUT2D eigenvalue weighted by Crippen LogP contribution is 2.45. The van der Waals surface area contributed by atoms with Crippen LogP contribution in [0.25, 0.3) is 0 Å². The van der Waals surface area contributed by atoms with Crippen molar-refractivity contribution < 1.29 is 34.4 Å². The molecule has 0 radical (unpaired) electrons. The van der Waals surface area contributed by atoms with Crippen LogP contribution in [0.3, 0.4) is 0 Å². The predicted octanol–water partition coefficient (Wildman–Crippen LogP) is 1.33. The molecule has 0 aromatic heterocycles. The summed E-state index contributed by atoms with van der Waals surface area (Å²) in [4.78, 5) is 24.4. The van der Waals surface area contributed by atoms with E-state index in [1.807, 2.05) is 0 Å². The Morgan fingerprint density at radius 3 is 2.65 bits per heavy atom. The fraction of sp³-hybridized carbons (Fsp3) is 0.474. The molecule has 2 aliphatic heterocycles. The van der Waals surface area contributed by atoms with Gasteiger partial charge in [0.1, 0.15) is 29.6 Å². The third-order valence-corrected chi connectivity index (χ3v) is 4.57. The van der Waals surface area contributed by atoms with Gasteiger partial charge in [-0.1, -0.05) is 12.1 Å². The van der Waals surface area contributed by atoms with Gasteiger partial charge in [-0.15, -0.1) is 0 Å². The maximum atomic E-state index is 12.5. The molecule has 0 bridgehead atoms. The maximum Gasteiger partial charge on any atom is 0.342 e. The van der Waals surface area contributed by atoms with Gasteiger partial charge in [-0.3, -0.25) is 4.79 Å². The van der Waals surface area contributed by atoms with Gasteiger partial charge in [0, 0.05) is 18.4 Å². The van der Waals surface area contributed by atoms with E-state index >= 15 is 0 Å². The Bertz CT molecular complexity index is 754. The second-order valence-corrected chi connectivity index (χ2v) is 6.85. The number of carbonyl (C=O) groups excluding carboxylic acids is 2. The van der Waals surface area contributed by atoms with E-state index in [0.29, 0.717) is 5.56 Å². The van der Waals surface area contributed by atoms with Crippen molar-refractivity contribution in [1.82, 2.24) is 0 Å². The standard InChI is InChI=1S/C19H22O7/c1-9-6-11-16(13(21)7-9)19(24)25-10(2)4-3-5-12(20)17(23)14(22)8-15-18(11)26-15/h3,5-7,10,14-15,17-18,21-23H,4,8H2,1-2H3/b5-3-/t10-,14-,15-,17+,18+/m0/s1. The molecule has 3 rings (SSSR count). The largest absolute Gasteiger partial charge is 0.507 e. The number of aryl methyl sites for hydroxylation is 1. The molecule has 2 heterocycles. The van der Waals surface area contributed by atoms with Gasteiger partial charge in [-0.25, -0.2) is 4.79 Å². The summed E-state index contributed by atoms with van der Waals surface area (Å²) in [5.41, 5.74) is 1.27. The Hall–Kier alpha value is -2.22. The van der Waals surface area contributed by atoms with Crippen LogP contribution in [0.2, 0.25) is 0 Å². The van der Waals surface area contributed by atoms with E-state index in [1.54, 1.807) is 19.9 Å². The second-order valence-electron chi connectivity index (χ2n) is 6.85. The van der Waals surface area contributed by atoms with Crippen LogP contribution < -0.4 is 0 Å². The quantitative estimate of drug-likeness (QED) is 0.471. The molecule has 5 atom stereocenters. The molecule has 0 unspecified atom stereocenters. The van der Waals surface area contributed by atoms with Crippen LogP contribution in [0.4, 0.5) is 0 Å². The lowest BCUT2D eigenvalue weighted by Crippen LogP contribution is -2.34. The van der Waals surface area contributed by atoms with Crippen LogP contribution in [-0.2, 0) is 14.3 Å². The SMILES string of the molecule is Cc1cc(O)c2c(c1)[C@H]1O[C@H]1C[C@H](O)[C@H](O)C(=O)/C=C\C[C@H](C)OC2=O. The number of hydrogen-bond acceptors (Lipinski definition) is 7. The van der Waals surface area contributed by atoms with Crippen LogP contribution in [-0.4, -0.2) is 51.5 Å². The molecular formula is C19H22O7. The van der Waals surface area contributed by atoms with Gasteiger partial charge in [0.2, 0.25) is 0 Å². The first-order valence-electron chi connectivity index (χ1n) is 8.54. The lowest BCUT2D eigenvalue weighted by Gasteiger charge is -2.17. The summed E-state index contributed by atoms with van der Waals surface area (Å²) in [7, 11) is 0. The number of aliphatic hydroxyl groups excluding tert-OH is 2. The van der Waals surface area contributed by atoms with Crippen LogP contribution in [0.5, 0.6) is 5.75 Å². The lowest BCUT2D eigenvalue weighted by atomic mass is 9.96.